The van der Waals surface area contributed by atoms with Gasteiger partial charge in [0, 0.05) is 13.1 Å². The Morgan fingerprint density at radius 3 is 2.90 bits per heavy atom. The minimum absolute atomic E-state index is 0.00722. The Hall–Kier alpha value is -1.45. The summed E-state index contributed by atoms with van der Waals surface area (Å²) in [5, 5.41) is 8.80. The summed E-state index contributed by atoms with van der Waals surface area (Å²) in [7, 11) is -3.64. The molecule has 1 heterocycles. The van der Waals surface area contributed by atoms with Gasteiger partial charge in [0.15, 0.2) is 0 Å². The lowest BCUT2D eigenvalue weighted by Gasteiger charge is -2.31. The molecule has 0 saturated carbocycles. The van der Waals surface area contributed by atoms with Crippen LogP contribution in [0.4, 0.5) is 4.39 Å². The van der Waals surface area contributed by atoms with E-state index in [1.54, 1.807) is 6.07 Å². The fourth-order valence-electron chi connectivity index (χ4n) is 2.48. The third-order valence-corrected chi connectivity index (χ3v) is 5.62. The van der Waals surface area contributed by atoms with Gasteiger partial charge in [0.25, 0.3) is 0 Å². The van der Waals surface area contributed by atoms with Crippen LogP contribution in [-0.4, -0.2) is 25.8 Å². The summed E-state index contributed by atoms with van der Waals surface area (Å²) in [4.78, 5) is -0.00722. The molecule has 0 aliphatic carbocycles. The summed E-state index contributed by atoms with van der Waals surface area (Å²) >= 11 is 0. The summed E-state index contributed by atoms with van der Waals surface area (Å²) in [5.74, 6) is -0.328. The van der Waals surface area contributed by atoms with E-state index in [1.165, 1.54) is 10.4 Å². The first-order chi connectivity index (χ1) is 9.48. The Morgan fingerprint density at radius 2 is 2.25 bits per heavy atom. The maximum atomic E-state index is 13.3. The molecule has 6 heteroatoms. The Morgan fingerprint density at radius 1 is 1.50 bits per heavy atom. The van der Waals surface area contributed by atoms with E-state index in [-0.39, 0.29) is 10.5 Å². The lowest BCUT2D eigenvalue weighted by Crippen LogP contribution is -2.39. The Balaban J connectivity index is 2.33. The van der Waals surface area contributed by atoms with E-state index >= 15 is 0 Å². The predicted octanol–water partition coefficient (Wildman–Crippen LogP) is 2.51. The molecule has 1 aromatic rings. The lowest BCUT2D eigenvalue weighted by molar-refractivity contribution is 0.261. The Kier molecular flexibility index (Phi) is 4.41. The summed E-state index contributed by atoms with van der Waals surface area (Å²) in [6, 6.07) is 5.04. The molecule has 1 unspecified atom stereocenters. The number of nitriles is 1. The molecular weight excluding hydrogens is 279 g/mol. The minimum atomic E-state index is -3.64. The lowest BCUT2D eigenvalue weighted by atomic mass is 9.97. The van der Waals surface area contributed by atoms with Crippen LogP contribution in [0.3, 0.4) is 0 Å². The van der Waals surface area contributed by atoms with Crippen LogP contribution >= 0.6 is 0 Å². The van der Waals surface area contributed by atoms with Gasteiger partial charge in [-0.25, -0.2) is 12.8 Å². The van der Waals surface area contributed by atoms with Gasteiger partial charge in [0.2, 0.25) is 10.0 Å². The van der Waals surface area contributed by atoms with Gasteiger partial charge in [0.1, 0.15) is 11.9 Å². The molecule has 2 rings (SSSR count). The SMILES string of the molecule is CCC1CCCN(S(=O)(=O)c2ccc(F)c(C#N)c2)C1. The van der Waals surface area contributed by atoms with Crippen molar-refractivity contribution in [1.29, 1.82) is 5.26 Å². The van der Waals surface area contributed by atoms with E-state index in [4.69, 9.17) is 5.26 Å². The van der Waals surface area contributed by atoms with Crippen LogP contribution < -0.4 is 0 Å². The second-order valence-corrected chi connectivity index (χ2v) is 6.97. The normalized spacial score (nSPS) is 20.6. The maximum absolute atomic E-state index is 13.3. The molecular formula is C14H17FN2O2S. The largest absolute Gasteiger partial charge is 0.243 e. The zero-order valence-electron chi connectivity index (χ0n) is 11.3. The number of piperidine rings is 1. The molecule has 1 fully saturated rings. The first-order valence-corrected chi connectivity index (χ1v) is 8.13. The van der Waals surface area contributed by atoms with Gasteiger partial charge in [-0.2, -0.15) is 9.57 Å². The molecule has 108 valence electrons. The molecule has 0 spiro atoms. The minimum Gasteiger partial charge on any atom is -0.207 e. The van der Waals surface area contributed by atoms with Crippen LogP contribution in [0.5, 0.6) is 0 Å². The number of benzene rings is 1. The molecule has 0 amide bonds. The van der Waals surface area contributed by atoms with Crippen LogP contribution in [0.2, 0.25) is 0 Å². The Bertz CT molecular complexity index is 637. The highest BCUT2D eigenvalue weighted by Crippen LogP contribution is 2.26. The van der Waals surface area contributed by atoms with E-state index < -0.39 is 15.8 Å². The van der Waals surface area contributed by atoms with Gasteiger partial charge in [-0.3, -0.25) is 0 Å². The van der Waals surface area contributed by atoms with Gasteiger partial charge in [-0.05, 0) is 37.0 Å². The number of hydrogen-bond donors (Lipinski definition) is 0. The third kappa shape index (κ3) is 2.84. The molecule has 0 radical (unpaired) electrons. The van der Waals surface area contributed by atoms with Gasteiger partial charge in [-0.1, -0.05) is 13.3 Å². The van der Waals surface area contributed by atoms with Crippen LogP contribution in [0, 0.1) is 23.1 Å². The highest BCUT2D eigenvalue weighted by molar-refractivity contribution is 7.89. The average molecular weight is 296 g/mol. The van der Waals surface area contributed by atoms with Crippen LogP contribution in [-0.2, 0) is 10.0 Å². The van der Waals surface area contributed by atoms with Crippen molar-refractivity contribution in [3.05, 3.63) is 29.6 Å². The second-order valence-electron chi connectivity index (χ2n) is 5.03. The van der Waals surface area contributed by atoms with Crippen LogP contribution in [0.15, 0.2) is 23.1 Å². The molecule has 4 nitrogen and oxygen atoms in total. The van der Waals surface area contributed by atoms with Crippen molar-refractivity contribution in [2.45, 2.75) is 31.1 Å². The average Bonchev–Trinajstić information content (AvgIpc) is 2.47. The van der Waals surface area contributed by atoms with Gasteiger partial charge in [0.05, 0.1) is 10.5 Å². The molecule has 1 aliphatic rings. The topological polar surface area (TPSA) is 61.2 Å². The number of sulfonamides is 1. The fraction of sp³-hybridized carbons (Fsp3) is 0.500. The van der Waals surface area contributed by atoms with E-state index in [9.17, 15) is 12.8 Å². The highest BCUT2D eigenvalue weighted by Gasteiger charge is 2.30. The molecule has 1 atom stereocenters. The number of rotatable bonds is 3. The quantitative estimate of drug-likeness (QED) is 0.861. The first-order valence-electron chi connectivity index (χ1n) is 6.68. The number of nitrogens with zero attached hydrogens (tertiary/aromatic N) is 2. The highest BCUT2D eigenvalue weighted by atomic mass is 32.2. The molecule has 1 saturated heterocycles. The molecule has 0 bridgehead atoms. The first kappa shape index (κ1) is 14.9. The number of hydrogen-bond acceptors (Lipinski definition) is 3. The van der Waals surface area contributed by atoms with Gasteiger partial charge < -0.3 is 0 Å². The zero-order chi connectivity index (χ0) is 14.8. The smallest absolute Gasteiger partial charge is 0.207 e. The summed E-state index contributed by atoms with van der Waals surface area (Å²) < 4.78 is 39.8. The molecule has 1 aliphatic heterocycles. The van der Waals surface area contributed by atoms with Crippen molar-refractivity contribution < 1.29 is 12.8 Å². The molecule has 1 aromatic carbocycles. The van der Waals surface area contributed by atoms with E-state index in [0.29, 0.717) is 19.0 Å². The zero-order valence-corrected chi connectivity index (χ0v) is 12.2. The second kappa shape index (κ2) is 5.90. The van der Waals surface area contributed by atoms with Gasteiger partial charge in [-0.15, -0.1) is 0 Å². The van der Waals surface area contributed by atoms with Crippen LogP contribution in [0.1, 0.15) is 31.7 Å². The van der Waals surface area contributed by atoms with Crippen molar-refractivity contribution in [3.8, 4) is 6.07 Å². The van der Waals surface area contributed by atoms with Crippen molar-refractivity contribution in [3.63, 3.8) is 0 Å². The van der Waals surface area contributed by atoms with Crippen molar-refractivity contribution >= 4 is 10.0 Å². The van der Waals surface area contributed by atoms with Crippen molar-refractivity contribution in [2.75, 3.05) is 13.1 Å². The van der Waals surface area contributed by atoms with E-state index in [0.717, 1.165) is 31.4 Å². The van der Waals surface area contributed by atoms with E-state index in [1.807, 2.05) is 6.92 Å². The summed E-state index contributed by atoms with van der Waals surface area (Å²) in [5.41, 5.74) is -0.241. The molecule has 0 aromatic heterocycles. The Labute approximate surface area is 118 Å². The summed E-state index contributed by atoms with van der Waals surface area (Å²) in [6.45, 7) is 3.03. The number of halogens is 1. The van der Waals surface area contributed by atoms with Gasteiger partial charge >= 0.3 is 0 Å². The van der Waals surface area contributed by atoms with Crippen molar-refractivity contribution in [2.24, 2.45) is 5.92 Å². The monoisotopic (exact) mass is 296 g/mol. The van der Waals surface area contributed by atoms with Crippen molar-refractivity contribution in [1.82, 2.24) is 4.31 Å². The maximum Gasteiger partial charge on any atom is 0.243 e. The fourth-order valence-corrected chi connectivity index (χ4v) is 4.06. The summed E-state index contributed by atoms with van der Waals surface area (Å²) in [6.07, 6.45) is 2.82. The molecule has 20 heavy (non-hydrogen) atoms. The van der Waals surface area contributed by atoms with E-state index in [2.05, 4.69) is 0 Å². The predicted molar refractivity (Wildman–Crippen MR) is 72.9 cm³/mol. The molecule has 0 N–H and O–H groups in total. The standard InChI is InChI=1S/C14H17FN2O2S/c1-2-11-4-3-7-17(10-11)20(18,19)13-5-6-14(15)12(8-13)9-16/h5-6,8,11H,2-4,7,10H2,1H3. The third-order valence-electron chi connectivity index (χ3n) is 3.76. The van der Waals surface area contributed by atoms with Crippen LogP contribution in [0.25, 0.3) is 0 Å².